The molecule has 1 aliphatic rings. The molecule has 0 saturated carbocycles. The van der Waals surface area contributed by atoms with Gasteiger partial charge in [0.15, 0.2) is 16.6 Å². The highest BCUT2D eigenvalue weighted by molar-refractivity contribution is 7.22. The number of nitrogens with one attached hydrogen (secondary N) is 1. The van der Waals surface area contributed by atoms with Gasteiger partial charge in [-0.05, 0) is 36.4 Å². The van der Waals surface area contributed by atoms with E-state index in [4.69, 9.17) is 14.2 Å². The molecule has 144 valence electrons. The monoisotopic (exact) mass is 404 g/mol. The summed E-state index contributed by atoms with van der Waals surface area (Å²) >= 11 is 1.38. The van der Waals surface area contributed by atoms with Crippen LogP contribution in [0.1, 0.15) is 0 Å². The van der Waals surface area contributed by atoms with Crippen molar-refractivity contribution in [3.8, 4) is 23.0 Å². The molecule has 4 aromatic rings. The van der Waals surface area contributed by atoms with Gasteiger partial charge in [0.2, 0.25) is 6.10 Å². The molecule has 3 aromatic carbocycles. The number of thiazole rings is 1. The molecule has 1 atom stereocenters. The fourth-order valence-electron chi connectivity index (χ4n) is 2.98. The van der Waals surface area contributed by atoms with E-state index in [1.165, 1.54) is 11.3 Å². The summed E-state index contributed by atoms with van der Waals surface area (Å²) in [5.41, 5.74) is 0.789. The molecule has 29 heavy (non-hydrogen) atoms. The minimum atomic E-state index is -0.728. The molecule has 0 fully saturated rings. The van der Waals surface area contributed by atoms with E-state index in [1.807, 2.05) is 66.7 Å². The van der Waals surface area contributed by atoms with Crippen LogP contribution in [0.15, 0.2) is 72.8 Å². The van der Waals surface area contributed by atoms with E-state index in [0.717, 1.165) is 16.0 Å². The van der Waals surface area contributed by atoms with Crippen LogP contribution in [-0.2, 0) is 4.79 Å². The van der Waals surface area contributed by atoms with Gasteiger partial charge in [-0.15, -0.1) is 0 Å². The minimum Gasteiger partial charge on any atom is -0.485 e. The molecule has 0 bridgehead atoms. The van der Waals surface area contributed by atoms with E-state index in [-0.39, 0.29) is 12.5 Å². The second kappa shape index (κ2) is 7.44. The maximum atomic E-state index is 12.6. The summed E-state index contributed by atoms with van der Waals surface area (Å²) in [5, 5.41) is 3.33. The number of benzene rings is 3. The van der Waals surface area contributed by atoms with E-state index in [9.17, 15) is 4.79 Å². The average Bonchev–Trinajstić information content (AvgIpc) is 3.15. The number of hydrogen-bond acceptors (Lipinski definition) is 6. The Morgan fingerprint density at radius 1 is 1.00 bits per heavy atom. The molecule has 0 aliphatic carbocycles. The maximum absolute atomic E-state index is 12.6. The molecule has 2 heterocycles. The molecule has 1 aliphatic heterocycles. The highest BCUT2D eigenvalue weighted by Crippen LogP contribution is 2.33. The SMILES string of the molecule is O=C(Nc1nc2ccc(Oc3ccccc3)cc2s1)[C@@H]1COc2ccccc2O1. The normalized spacial score (nSPS) is 15.1. The number of carbonyl (C=O) groups is 1. The lowest BCUT2D eigenvalue weighted by Crippen LogP contribution is -2.40. The number of nitrogens with zero attached hydrogens (tertiary/aromatic N) is 1. The zero-order chi connectivity index (χ0) is 19.6. The lowest BCUT2D eigenvalue weighted by molar-refractivity contribution is -0.125. The molecule has 0 radical (unpaired) electrons. The third kappa shape index (κ3) is 3.72. The van der Waals surface area contributed by atoms with Crippen molar-refractivity contribution < 1.29 is 19.0 Å². The summed E-state index contributed by atoms with van der Waals surface area (Å²) < 4.78 is 18.1. The molecule has 0 saturated heterocycles. The molecule has 5 rings (SSSR count). The van der Waals surface area contributed by atoms with Crippen LogP contribution in [0, 0.1) is 0 Å². The third-order valence-electron chi connectivity index (χ3n) is 4.37. The number of hydrogen-bond donors (Lipinski definition) is 1. The van der Waals surface area contributed by atoms with Gasteiger partial charge in [-0.25, -0.2) is 4.98 Å². The predicted octanol–water partition coefficient (Wildman–Crippen LogP) is 4.87. The van der Waals surface area contributed by atoms with E-state index in [1.54, 1.807) is 6.07 Å². The Morgan fingerprint density at radius 3 is 2.66 bits per heavy atom. The molecule has 0 unspecified atom stereocenters. The third-order valence-corrected chi connectivity index (χ3v) is 5.30. The summed E-state index contributed by atoms with van der Waals surface area (Å²) in [4.78, 5) is 17.1. The van der Waals surface area contributed by atoms with Crippen molar-refractivity contribution in [2.45, 2.75) is 6.10 Å². The van der Waals surface area contributed by atoms with Crippen molar-refractivity contribution in [2.75, 3.05) is 11.9 Å². The predicted molar refractivity (Wildman–Crippen MR) is 111 cm³/mol. The first-order chi connectivity index (χ1) is 14.2. The number of fused-ring (bicyclic) bond motifs is 2. The van der Waals surface area contributed by atoms with Crippen LogP contribution in [0.2, 0.25) is 0 Å². The van der Waals surface area contributed by atoms with Crippen molar-refractivity contribution in [1.82, 2.24) is 4.98 Å². The van der Waals surface area contributed by atoms with Crippen LogP contribution < -0.4 is 19.5 Å². The number of aromatic nitrogens is 1. The topological polar surface area (TPSA) is 69.7 Å². The van der Waals surface area contributed by atoms with Gasteiger partial charge in [-0.2, -0.15) is 0 Å². The number of anilines is 1. The highest BCUT2D eigenvalue weighted by Gasteiger charge is 2.28. The van der Waals surface area contributed by atoms with Crippen LogP contribution in [-0.4, -0.2) is 23.6 Å². The first kappa shape index (κ1) is 17.5. The number of rotatable bonds is 4. The Bertz CT molecular complexity index is 1180. The van der Waals surface area contributed by atoms with Gasteiger partial charge >= 0.3 is 0 Å². The number of carbonyl (C=O) groups excluding carboxylic acids is 1. The summed E-state index contributed by atoms with van der Waals surface area (Å²) in [5.74, 6) is 2.39. The molecule has 6 nitrogen and oxygen atoms in total. The van der Waals surface area contributed by atoms with Crippen LogP contribution in [0.5, 0.6) is 23.0 Å². The highest BCUT2D eigenvalue weighted by atomic mass is 32.1. The van der Waals surface area contributed by atoms with Crippen LogP contribution in [0.4, 0.5) is 5.13 Å². The van der Waals surface area contributed by atoms with Gasteiger partial charge in [0.25, 0.3) is 5.91 Å². The smallest absolute Gasteiger partial charge is 0.270 e. The van der Waals surface area contributed by atoms with Crippen molar-refractivity contribution in [3.05, 3.63) is 72.8 Å². The van der Waals surface area contributed by atoms with E-state index in [0.29, 0.717) is 22.4 Å². The van der Waals surface area contributed by atoms with Gasteiger partial charge in [-0.3, -0.25) is 10.1 Å². The fourth-order valence-corrected chi connectivity index (χ4v) is 3.88. The molecular weight excluding hydrogens is 388 g/mol. The summed E-state index contributed by atoms with van der Waals surface area (Å²) in [7, 11) is 0. The van der Waals surface area contributed by atoms with Gasteiger partial charge in [0.05, 0.1) is 10.2 Å². The van der Waals surface area contributed by atoms with Gasteiger partial charge in [-0.1, -0.05) is 41.7 Å². The quantitative estimate of drug-likeness (QED) is 0.526. The molecule has 1 amide bonds. The number of ether oxygens (including phenoxy) is 3. The Morgan fingerprint density at radius 2 is 1.79 bits per heavy atom. The van der Waals surface area contributed by atoms with Gasteiger partial charge < -0.3 is 14.2 Å². The largest absolute Gasteiger partial charge is 0.485 e. The second-order valence-corrected chi connectivity index (χ2v) is 7.45. The molecule has 1 aromatic heterocycles. The Labute approximate surface area is 170 Å². The van der Waals surface area contributed by atoms with Crippen LogP contribution in [0.25, 0.3) is 10.2 Å². The lowest BCUT2D eigenvalue weighted by Gasteiger charge is -2.25. The molecule has 0 spiro atoms. The number of amides is 1. The standard InChI is InChI=1S/C22H16N2O4S/c25-21(19-13-26-17-8-4-5-9-18(17)28-19)24-22-23-16-11-10-15(12-20(16)29-22)27-14-6-2-1-3-7-14/h1-12,19H,13H2,(H,23,24,25)/t19-/m0/s1. The zero-order valence-corrected chi connectivity index (χ0v) is 16.0. The van der Waals surface area contributed by atoms with Crippen LogP contribution >= 0.6 is 11.3 Å². The van der Waals surface area contributed by atoms with Crippen molar-refractivity contribution in [2.24, 2.45) is 0 Å². The lowest BCUT2D eigenvalue weighted by atomic mass is 10.2. The second-order valence-electron chi connectivity index (χ2n) is 6.42. The summed E-state index contributed by atoms with van der Waals surface area (Å²) in [6.07, 6.45) is -0.728. The minimum absolute atomic E-state index is 0.156. The summed E-state index contributed by atoms with van der Waals surface area (Å²) in [6.45, 7) is 0.156. The Hall–Kier alpha value is -3.58. The first-order valence-corrected chi connectivity index (χ1v) is 9.89. The zero-order valence-electron chi connectivity index (χ0n) is 15.2. The first-order valence-electron chi connectivity index (χ1n) is 9.07. The number of para-hydroxylation sites is 3. The van der Waals surface area contributed by atoms with Gasteiger partial charge in [0.1, 0.15) is 18.1 Å². The summed E-state index contributed by atoms with van der Waals surface area (Å²) in [6, 6.07) is 22.5. The molecular formula is C22H16N2O4S. The van der Waals surface area contributed by atoms with Crippen molar-refractivity contribution in [3.63, 3.8) is 0 Å². The van der Waals surface area contributed by atoms with E-state index < -0.39 is 6.10 Å². The maximum Gasteiger partial charge on any atom is 0.270 e. The van der Waals surface area contributed by atoms with E-state index in [2.05, 4.69) is 10.3 Å². The van der Waals surface area contributed by atoms with Crippen LogP contribution in [0.3, 0.4) is 0 Å². The van der Waals surface area contributed by atoms with Gasteiger partial charge in [0, 0.05) is 6.07 Å². The Balaban J connectivity index is 1.30. The van der Waals surface area contributed by atoms with Crippen molar-refractivity contribution >= 4 is 32.6 Å². The molecule has 1 N–H and O–H groups in total. The van der Waals surface area contributed by atoms with E-state index >= 15 is 0 Å². The average molecular weight is 404 g/mol. The Kier molecular flexibility index (Phi) is 4.50. The van der Waals surface area contributed by atoms with Crippen molar-refractivity contribution in [1.29, 1.82) is 0 Å². The molecule has 7 heteroatoms. The fraction of sp³-hybridized carbons (Fsp3) is 0.0909.